The molecule has 1 spiro atoms. The number of carbonyl (C=O) groups excluding carboxylic acids is 1. The second-order valence-electron chi connectivity index (χ2n) is 9.75. The van der Waals surface area contributed by atoms with Crippen LogP contribution >= 0.6 is 12.4 Å². The van der Waals surface area contributed by atoms with Crippen molar-refractivity contribution in [3.05, 3.63) is 95.6 Å². The van der Waals surface area contributed by atoms with Gasteiger partial charge in [-0.15, -0.1) is 12.4 Å². The number of halogens is 1. The number of aliphatic hydroxyl groups is 1. The van der Waals surface area contributed by atoms with Gasteiger partial charge in [-0.25, -0.2) is 0 Å². The van der Waals surface area contributed by atoms with E-state index in [-0.39, 0.29) is 18.3 Å². The fourth-order valence-corrected chi connectivity index (χ4v) is 5.82. The Morgan fingerprint density at radius 3 is 2.31 bits per heavy atom. The van der Waals surface area contributed by atoms with Crippen LogP contribution in [0.5, 0.6) is 5.75 Å². The minimum atomic E-state index is -0.744. The quantitative estimate of drug-likeness (QED) is 0.420. The highest BCUT2D eigenvalue weighted by Crippen LogP contribution is 2.53. The Morgan fingerprint density at radius 2 is 1.64 bits per heavy atom. The number of likely N-dealkylation sites (N-methyl/N-ethyl adjacent to an activating group) is 1. The maximum atomic E-state index is 14.3. The summed E-state index contributed by atoms with van der Waals surface area (Å²) >= 11 is 0. The average molecular weight is 507 g/mol. The van der Waals surface area contributed by atoms with Gasteiger partial charge in [-0.1, -0.05) is 79.9 Å². The van der Waals surface area contributed by atoms with E-state index in [0.717, 1.165) is 60.2 Å². The van der Waals surface area contributed by atoms with Crippen molar-refractivity contribution >= 4 is 24.0 Å². The number of ether oxygens (including phenoxy) is 1. The highest BCUT2D eigenvalue weighted by atomic mass is 35.5. The number of fused-ring (bicyclic) bond motifs is 2. The van der Waals surface area contributed by atoms with Gasteiger partial charge in [-0.3, -0.25) is 4.79 Å². The van der Waals surface area contributed by atoms with E-state index in [9.17, 15) is 9.90 Å². The summed E-state index contributed by atoms with van der Waals surface area (Å²) in [7, 11) is 1.82. The standard InChI is InChI=1S/C30H34N2O3.ClH/c1-31-20-27(33)28(23-13-7-3-8-14-23)32-26-16-15-24(35-21-22-11-5-2-6-12-22)19-25(26)30(29(32)34)17-9-4-10-18-30;/h2-3,5-8,11-16,19,27-28,31,33H,4,9-10,17-18,20-21H2,1H3;1H/t27-,28+;/m1./s1. The van der Waals surface area contributed by atoms with Gasteiger partial charge >= 0.3 is 0 Å². The minimum absolute atomic E-state index is 0. The van der Waals surface area contributed by atoms with Gasteiger partial charge in [0.05, 0.1) is 17.6 Å². The van der Waals surface area contributed by atoms with Crippen LogP contribution in [0.25, 0.3) is 0 Å². The number of carbonyl (C=O) groups is 1. The maximum absolute atomic E-state index is 14.3. The van der Waals surface area contributed by atoms with Crippen molar-refractivity contribution in [2.75, 3.05) is 18.5 Å². The van der Waals surface area contributed by atoms with Gasteiger partial charge in [0.2, 0.25) is 5.91 Å². The summed E-state index contributed by atoms with van der Waals surface area (Å²) < 4.78 is 6.16. The van der Waals surface area contributed by atoms with E-state index in [1.807, 2.05) is 72.6 Å². The van der Waals surface area contributed by atoms with Gasteiger partial charge in [-0.2, -0.15) is 0 Å². The molecule has 36 heavy (non-hydrogen) atoms. The first-order chi connectivity index (χ1) is 17.1. The average Bonchev–Trinajstić information content (AvgIpc) is 3.12. The molecule has 1 saturated carbocycles. The number of aliphatic hydroxyl groups excluding tert-OH is 1. The molecule has 1 heterocycles. The Kier molecular flexibility index (Phi) is 8.35. The van der Waals surface area contributed by atoms with Crippen LogP contribution in [0.15, 0.2) is 78.9 Å². The van der Waals surface area contributed by atoms with Crippen molar-refractivity contribution in [3.8, 4) is 5.75 Å². The van der Waals surface area contributed by atoms with Crippen LogP contribution in [-0.4, -0.2) is 30.7 Å². The zero-order valence-electron chi connectivity index (χ0n) is 20.7. The van der Waals surface area contributed by atoms with Crippen LogP contribution in [0.1, 0.15) is 54.8 Å². The molecule has 2 aliphatic rings. The number of rotatable bonds is 8. The van der Waals surface area contributed by atoms with Crippen molar-refractivity contribution < 1.29 is 14.6 Å². The first kappa shape index (κ1) is 26.2. The number of nitrogens with zero attached hydrogens (tertiary/aromatic N) is 1. The van der Waals surface area contributed by atoms with Crippen molar-refractivity contribution in [2.24, 2.45) is 0 Å². The van der Waals surface area contributed by atoms with Gasteiger partial charge in [0.1, 0.15) is 12.4 Å². The normalized spacial score (nSPS) is 17.8. The highest BCUT2D eigenvalue weighted by molar-refractivity contribution is 6.09. The Hall–Kier alpha value is -2.86. The molecular weight excluding hydrogens is 472 g/mol. The van der Waals surface area contributed by atoms with E-state index in [2.05, 4.69) is 23.5 Å². The Labute approximate surface area is 219 Å². The van der Waals surface area contributed by atoms with Gasteiger partial charge in [0, 0.05) is 12.2 Å². The predicted octanol–water partition coefficient (Wildman–Crippen LogP) is 5.56. The lowest BCUT2D eigenvalue weighted by atomic mass is 9.70. The van der Waals surface area contributed by atoms with E-state index in [4.69, 9.17) is 4.74 Å². The second-order valence-corrected chi connectivity index (χ2v) is 9.75. The summed E-state index contributed by atoms with van der Waals surface area (Å²) in [4.78, 5) is 16.2. The lowest BCUT2D eigenvalue weighted by Gasteiger charge is -2.36. The summed E-state index contributed by atoms with van der Waals surface area (Å²) in [5.41, 5.74) is 3.44. The molecule has 1 fully saturated rings. The molecule has 2 atom stereocenters. The minimum Gasteiger partial charge on any atom is -0.489 e. The highest BCUT2D eigenvalue weighted by Gasteiger charge is 2.53. The first-order valence-electron chi connectivity index (χ1n) is 12.7. The Bertz CT molecular complexity index is 1150. The molecule has 5 nitrogen and oxygen atoms in total. The van der Waals surface area contributed by atoms with Crippen molar-refractivity contribution in [2.45, 2.75) is 56.3 Å². The molecule has 3 aromatic rings. The summed E-state index contributed by atoms with van der Waals surface area (Å²) in [5.74, 6) is 0.885. The first-order valence-corrected chi connectivity index (χ1v) is 12.7. The van der Waals surface area contributed by atoms with E-state index >= 15 is 0 Å². The summed E-state index contributed by atoms with van der Waals surface area (Å²) in [6.07, 6.45) is 4.14. The third kappa shape index (κ3) is 4.88. The van der Waals surface area contributed by atoms with Crippen LogP contribution in [0.2, 0.25) is 0 Å². The third-order valence-corrected chi connectivity index (χ3v) is 7.52. The van der Waals surface area contributed by atoms with Crippen LogP contribution in [0.4, 0.5) is 5.69 Å². The number of amides is 1. The molecule has 0 bridgehead atoms. The largest absolute Gasteiger partial charge is 0.489 e. The Balaban J connectivity index is 0.00000304. The molecule has 1 aliphatic carbocycles. The smallest absolute Gasteiger partial charge is 0.238 e. The molecule has 0 unspecified atom stereocenters. The molecule has 1 aliphatic heterocycles. The van der Waals surface area contributed by atoms with Crippen molar-refractivity contribution in [1.29, 1.82) is 0 Å². The number of hydrogen-bond donors (Lipinski definition) is 2. The zero-order chi connectivity index (χ0) is 24.3. The van der Waals surface area contributed by atoms with Gasteiger partial charge in [0.15, 0.2) is 0 Å². The lowest BCUT2D eigenvalue weighted by molar-refractivity contribution is -0.125. The summed E-state index contributed by atoms with van der Waals surface area (Å²) in [5, 5.41) is 14.3. The molecular formula is C30H35ClN2O3. The van der Waals surface area contributed by atoms with Crippen molar-refractivity contribution in [3.63, 3.8) is 0 Å². The number of nitrogens with one attached hydrogen (secondary N) is 1. The zero-order valence-corrected chi connectivity index (χ0v) is 21.5. The van der Waals surface area contributed by atoms with Gasteiger partial charge in [0.25, 0.3) is 0 Å². The molecule has 190 valence electrons. The second kappa shape index (κ2) is 11.5. The lowest BCUT2D eigenvalue weighted by Crippen LogP contribution is -2.47. The third-order valence-electron chi connectivity index (χ3n) is 7.52. The molecule has 5 rings (SSSR count). The molecule has 1 amide bonds. The fraction of sp³-hybridized carbons (Fsp3) is 0.367. The molecule has 0 aromatic heterocycles. The number of hydrogen-bond acceptors (Lipinski definition) is 4. The molecule has 2 N–H and O–H groups in total. The summed E-state index contributed by atoms with van der Waals surface area (Å²) in [6.45, 7) is 0.877. The van der Waals surface area contributed by atoms with E-state index in [1.165, 1.54) is 0 Å². The SMILES string of the molecule is CNC[C@@H](O)[C@H](c1ccccc1)N1C(=O)C2(CCCCC2)c2cc(OCc3ccccc3)ccc21.Cl. The molecule has 0 radical (unpaired) electrons. The van der Waals surface area contributed by atoms with Crippen molar-refractivity contribution in [1.82, 2.24) is 5.32 Å². The topological polar surface area (TPSA) is 61.8 Å². The van der Waals surface area contributed by atoms with Crippen LogP contribution in [-0.2, 0) is 16.8 Å². The van der Waals surface area contributed by atoms with E-state index < -0.39 is 17.6 Å². The van der Waals surface area contributed by atoms with Crippen LogP contribution in [0.3, 0.4) is 0 Å². The van der Waals surface area contributed by atoms with Crippen LogP contribution < -0.4 is 15.0 Å². The number of benzene rings is 3. The fourth-order valence-electron chi connectivity index (χ4n) is 5.82. The van der Waals surface area contributed by atoms with Gasteiger partial charge in [-0.05, 0) is 54.8 Å². The maximum Gasteiger partial charge on any atom is 0.238 e. The Morgan fingerprint density at radius 1 is 0.972 bits per heavy atom. The molecule has 0 saturated heterocycles. The monoisotopic (exact) mass is 506 g/mol. The van der Waals surface area contributed by atoms with E-state index in [1.54, 1.807) is 0 Å². The molecule has 3 aromatic carbocycles. The van der Waals surface area contributed by atoms with E-state index in [0.29, 0.717) is 13.2 Å². The van der Waals surface area contributed by atoms with Gasteiger partial charge < -0.3 is 20.1 Å². The molecule has 6 heteroatoms. The number of anilines is 1. The predicted molar refractivity (Wildman–Crippen MR) is 146 cm³/mol. The summed E-state index contributed by atoms with van der Waals surface area (Å²) in [6, 6.07) is 25.6. The van der Waals surface area contributed by atoms with Crippen LogP contribution in [0, 0.1) is 0 Å².